The van der Waals surface area contributed by atoms with Crippen LogP contribution in [0.5, 0.6) is 0 Å². The Bertz CT molecular complexity index is 641. The third-order valence-corrected chi connectivity index (χ3v) is 3.52. The highest BCUT2D eigenvalue weighted by atomic mass is 32.2. The molecule has 1 aromatic heterocycles. The van der Waals surface area contributed by atoms with Crippen LogP contribution in [0.4, 0.5) is 0 Å². The summed E-state index contributed by atoms with van der Waals surface area (Å²) in [6.07, 6.45) is 7.41. The Balaban J connectivity index is 2.02. The van der Waals surface area contributed by atoms with E-state index < -0.39 is 6.04 Å². The highest BCUT2D eigenvalue weighted by molar-refractivity contribution is 7.98. The zero-order valence-corrected chi connectivity index (χ0v) is 12.5. The third kappa shape index (κ3) is 4.24. The van der Waals surface area contributed by atoms with Crippen molar-refractivity contribution in [3.05, 3.63) is 36.2 Å². The number of hydrogen-bond acceptors (Lipinski definition) is 6. The van der Waals surface area contributed by atoms with Gasteiger partial charge >= 0.3 is 0 Å². The lowest BCUT2D eigenvalue weighted by molar-refractivity contribution is -0.122. The molecule has 0 fully saturated rings. The van der Waals surface area contributed by atoms with Crippen molar-refractivity contribution in [3.63, 3.8) is 0 Å². The largest absolute Gasteiger partial charge is 0.320 e. The van der Waals surface area contributed by atoms with E-state index >= 15 is 0 Å². The Kier molecular flexibility index (Phi) is 5.65. The lowest BCUT2D eigenvalue weighted by atomic mass is 10.2. The fraction of sp³-hybridized carbons (Fsp3) is 0.286. The Morgan fingerprint density at radius 3 is 3.10 bits per heavy atom. The standard InChI is InChI=1S/C14H17N5OS/c1-21-8-5-11(15)14(20)19-18-9-10-3-2-4-12-13(10)17-7-6-16-12/h2-4,6-7,9,11H,5,8,15H2,1H3,(H,19,20)/b18-9-/t11-/m0/s1. The van der Waals surface area contributed by atoms with E-state index in [4.69, 9.17) is 5.73 Å². The Labute approximate surface area is 127 Å². The number of rotatable bonds is 6. The average molecular weight is 303 g/mol. The minimum absolute atomic E-state index is 0.286. The molecule has 7 heteroatoms. The molecule has 3 N–H and O–H groups in total. The van der Waals surface area contributed by atoms with E-state index in [0.717, 1.165) is 22.3 Å². The van der Waals surface area contributed by atoms with Gasteiger partial charge in [-0.3, -0.25) is 14.8 Å². The van der Waals surface area contributed by atoms with Gasteiger partial charge in [-0.15, -0.1) is 0 Å². The Morgan fingerprint density at radius 2 is 2.29 bits per heavy atom. The molecule has 0 bridgehead atoms. The molecule has 1 amide bonds. The van der Waals surface area contributed by atoms with E-state index in [1.54, 1.807) is 30.4 Å². The van der Waals surface area contributed by atoms with Gasteiger partial charge in [-0.05, 0) is 24.5 Å². The molecule has 1 heterocycles. The molecule has 110 valence electrons. The van der Waals surface area contributed by atoms with Crippen LogP contribution in [0.3, 0.4) is 0 Å². The molecule has 0 unspecified atom stereocenters. The molecule has 0 radical (unpaired) electrons. The van der Waals surface area contributed by atoms with Crippen molar-refractivity contribution in [2.45, 2.75) is 12.5 Å². The zero-order chi connectivity index (χ0) is 15.1. The number of fused-ring (bicyclic) bond motifs is 1. The number of nitrogens with two attached hydrogens (primary N) is 1. The van der Waals surface area contributed by atoms with Crippen LogP contribution < -0.4 is 11.2 Å². The van der Waals surface area contributed by atoms with E-state index in [2.05, 4.69) is 20.5 Å². The first-order valence-electron chi connectivity index (χ1n) is 6.49. The average Bonchev–Trinajstić information content (AvgIpc) is 2.52. The van der Waals surface area contributed by atoms with Crippen LogP contribution in [-0.4, -0.2) is 40.1 Å². The predicted octanol–water partition coefficient (Wildman–Crippen LogP) is 1.16. The zero-order valence-electron chi connectivity index (χ0n) is 11.7. The van der Waals surface area contributed by atoms with Gasteiger partial charge < -0.3 is 5.73 Å². The Hall–Kier alpha value is -1.99. The molecular weight excluding hydrogens is 286 g/mol. The van der Waals surface area contributed by atoms with Crippen LogP contribution in [0.25, 0.3) is 11.0 Å². The van der Waals surface area contributed by atoms with Crippen molar-refractivity contribution < 1.29 is 4.79 Å². The van der Waals surface area contributed by atoms with Crippen LogP contribution in [0.2, 0.25) is 0 Å². The minimum Gasteiger partial charge on any atom is -0.320 e. The van der Waals surface area contributed by atoms with Gasteiger partial charge in [0.25, 0.3) is 5.91 Å². The second-order valence-electron chi connectivity index (χ2n) is 4.39. The van der Waals surface area contributed by atoms with Crippen LogP contribution in [-0.2, 0) is 4.79 Å². The van der Waals surface area contributed by atoms with E-state index in [-0.39, 0.29) is 5.91 Å². The number of nitrogens with one attached hydrogen (secondary N) is 1. The van der Waals surface area contributed by atoms with Gasteiger partial charge in [0.1, 0.15) is 0 Å². The van der Waals surface area contributed by atoms with Gasteiger partial charge in [-0.1, -0.05) is 12.1 Å². The first-order valence-corrected chi connectivity index (χ1v) is 7.89. The molecule has 0 aliphatic rings. The van der Waals surface area contributed by atoms with E-state index in [0.29, 0.717) is 6.42 Å². The summed E-state index contributed by atoms with van der Waals surface area (Å²) in [5.41, 5.74) is 10.5. The summed E-state index contributed by atoms with van der Waals surface area (Å²) in [4.78, 5) is 20.2. The predicted molar refractivity (Wildman–Crippen MR) is 86.2 cm³/mol. The van der Waals surface area contributed by atoms with Crippen molar-refractivity contribution in [1.29, 1.82) is 0 Å². The molecule has 1 atom stereocenters. The second-order valence-corrected chi connectivity index (χ2v) is 5.38. The molecule has 0 saturated carbocycles. The van der Waals surface area contributed by atoms with Crippen LogP contribution in [0.1, 0.15) is 12.0 Å². The number of nitrogens with zero attached hydrogens (tertiary/aromatic N) is 3. The van der Waals surface area contributed by atoms with E-state index in [1.165, 1.54) is 0 Å². The summed E-state index contributed by atoms with van der Waals surface area (Å²) in [7, 11) is 0. The first kappa shape index (κ1) is 15.4. The van der Waals surface area contributed by atoms with Gasteiger partial charge in [0, 0.05) is 18.0 Å². The smallest absolute Gasteiger partial charge is 0.256 e. The Morgan fingerprint density at radius 1 is 1.48 bits per heavy atom. The van der Waals surface area contributed by atoms with E-state index in [9.17, 15) is 4.79 Å². The number of hydrazone groups is 1. The molecule has 6 nitrogen and oxygen atoms in total. The summed E-state index contributed by atoms with van der Waals surface area (Å²) in [5.74, 6) is 0.559. The van der Waals surface area contributed by atoms with Gasteiger partial charge in [-0.2, -0.15) is 16.9 Å². The molecule has 2 aromatic rings. The second kappa shape index (κ2) is 7.70. The molecule has 0 spiro atoms. The summed E-state index contributed by atoms with van der Waals surface area (Å²) in [6.45, 7) is 0. The highest BCUT2D eigenvalue weighted by Gasteiger charge is 2.11. The normalized spacial score (nSPS) is 12.7. The number of benzene rings is 1. The number of amides is 1. The van der Waals surface area contributed by atoms with Crippen LogP contribution >= 0.6 is 11.8 Å². The molecular formula is C14H17N5OS. The quantitative estimate of drug-likeness (QED) is 0.617. The van der Waals surface area contributed by atoms with Crippen molar-refractivity contribution in [2.75, 3.05) is 12.0 Å². The maximum Gasteiger partial charge on any atom is 0.256 e. The monoisotopic (exact) mass is 303 g/mol. The highest BCUT2D eigenvalue weighted by Crippen LogP contribution is 2.11. The molecule has 1 aromatic carbocycles. The fourth-order valence-electron chi connectivity index (χ4n) is 1.74. The maximum absolute atomic E-state index is 11.7. The van der Waals surface area contributed by atoms with Gasteiger partial charge in [-0.25, -0.2) is 5.43 Å². The summed E-state index contributed by atoms with van der Waals surface area (Å²) < 4.78 is 0. The van der Waals surface area contributed by atoms with Crippen molar-refractivity contribution in [3.8, 4) is 0 Å². The number of thioether (sulfide) groups is 1. The van der Waals surface area contributed by atoms with Gasteiger partial charge in [0.2, 0.25) is 0 Å². The lowest BCUT2D eigenvalue weighted by Gasteiger charge is -2.08. The van der Waals surface area contributed by atoms with Crippen LogP contribution in [0.15, 0.2) is 35.7 Å². The topological polar surface area (TPSA) is 93.3 Å². The van der Waals surface area contributed by atoms with E-state index in [1.807, 2.05) is 24.5 Å². The van der Waals surface area contributed by atoms with Crippen molar-refractivity contribution >= 4 is 34.9 Å². The van der Waals surface area contributed by atoms with Crippen LogP contribution in [0, 0.1) is 0 Å². The third-order valence-electron chi connectivity index (χ3n) is 2.88. The SMILES string of the molecule is CSCC[C@H](N)C(=O)N/N=C\c1cccc2nccnc12. The van der Waals surface area contributed by atoms with Gasteiger partial charge in [0.05, 0.1) is 23.3 Å². The summed E-state index contributed by atoms with van der Waals surface area (Å²) in [6, 6.07) is 5.06. The first-order chi connectivity index (χ1) is 10.2. The molecule has 2 rings (SSSR count). The number of aromatic nitrogens is 2. The number of hydrogen-bond donors (Lipinski definition) is 2. The molecule has 0 aliphatic carbocycles. The van der Waals surface area contributed by atoms with Crippen molar-refractivity contribution in [2.24, 2.45) is 10.8 Å². The fourth-order valence-corrected chi connectivity index (χ4v) is 2.23. The van der Waals surface area contributed by atoms with Gasteiger partial charge in [0.15, 0.2) is 0 Å². The van der Waals surface area contributed by atoms with Crippen molar-refractivity contribution in [1.82, 2.24) is 15.4 Å². The summed E-state index contributed by atoms with van der Waals surface area (Å²) >= 11 is 1.66. The summed E-state index contributed by atoms with van der Waals surface area (Å²) in [5, 5.41) is 3.94. The number of para-hydroxylation sites is 1. The molecule has 0 saturated heterocycles. The molecule has 0 aliphatic heterocycles. The lowest BCUT2D eigenvalue weighted by Crippen LogP contribution is -2.38. The number of carbonyl (C=O) groups is 1. The maximum atomic E-state index is 11.7. The molecule has 21 heavy (non-hydrogen) atoms. The minimum atomic E-state index is -0.540. The number of carbonyl (C=O) groups excluding carboxylic acids is 1.